The maximum absolute atomic E-state index is 10.9. The lowest BCUT2D eigenvalue weighted by Crippen LogP contribution is -2.04. The number of halogens is 1. The van der Waals surface area contributed by atoms with Crippen molar-refractivity contribution in [1.29, 1.82) is 0 Å². The second kappa shape index (κ2) is 3.18. The van der Waals surface area contributed by atoms with Crippen molar-refractivity contribution < 1.29 is 0 Å². The van der Waals surface area contributed by atoms with E-state index in [1.807, 2.05) is 18.2 Å². The first-order valence-corrected chi connectivity index (χ1v) is 4.37. The van der Waals surface area contributed by atoms with Gasteiger partial charge in [-0.3, -0.25) is 4.79 Å². The average Bonchev–Trinajstić information content (AvgIpc) is 2.16. The Morgan fingerprint density at radius 3 is 3.08 bits per heavy atom. The summed E-state index contributed by atoms with van der Waals surface area (Å²) in [6, 6.07) is 5.56. The zero-order valence-electron chi connectivity index (χ0n) is 6.75. The van der Waals surface area contributed by atoms with Crippen molar-refractivity contribution in [2.24, 2.45) is 0 Å². The highest BCUT2D eigenvalue weighted by molar-refractivity contribution is 6.17. The number of H-pyrrole nitrogens is 1. The normalized spacial score (nSPS) is 10.5. The molecule has 1 heterocycles. The number of nitrogens with zero attached hydrogens (tertiary/aromatic N) is 1. The first-order valence-electron chi connectivity index (χ1n) is 3.83. The maximum Gasteiger partial charge on any atom is 0.266 e. The van der Waals surface area contributed by atoms with Crippen LogP contribution >= 0.6 is 11.6 Å². The molecule has 0 unspecified atom stereocenters. The predicted octanol–water partition coefficient (Wildman–Crippen LogP) is 1.66. The summed E-state index contributed by atoms with van der Waals surface area (Å²) in [4.78, 5) is 17.6. The molecule has 4 heteroatoms. The number of nitrogens with one attached hydrogen (secondary N) is 1. The van der Waals surface area contributed by atoms with Crippen LogP contribution < -0.4 is 5.56 Å². The van der Waals surface area contributed by atoms with Gasteiger partial charge < -0.3 is 4.98 Å². The van der Waals surface area contributed by atoms with E-state index in [2.05, 4.69) is 9.97 Å². The summed E-state index contributed by atoms with van der Waals surface area (Å²) in [6.45, 7) is 0. The summed E-state index contributed by atoms with van der Waals surface area (Å²) in [7, 11) is 0. The molecule has 0 atom stereocenters. The molecule has 0 aliphatic carbocycles. The summed E-state index contributed by atoms with van der Waals surface area (Å²) in [5.41, 5.74) is 2.27. The smallest absolute Gasteiger partial charge is 0.266 e. The molecular weight excluding hydrogens is 188 g/mol. The molecule has 0 saturated heterocycles. The summed E-state index contributed by atoms with van der Waals surface area (Å²) >= 11 is 5.65. The molecule has 3 nitrogen and oxygen atoms in total. The van der Waals surface area contributed by atoms with E-state index >= 15 is 0 Å². The van der Waals surface area contributed by atoms with Crippen LogP contribution in [0, 0.1) is 0 Å². The van der Waals surface area contributed by atoms with Gasteiger partial charge in [-0.1, -0.05) is 6.07 Å². The number of alkyl halides is 1. The lowest BCUT2D eigenvalue weighted by molar-refractivity contribution is 1.21. The van der Waals surface area contributed by atoms with E-state index in [9.17, 15) is 4.79 Å². The number of aromatic nitrogens is 2. The zero-order valence-corrected chi connectivity index (χ0v) is 7.51. The minimum atomic E-state index is -0.195. The molecule has 0 radical (unpaired) electrons. The number of rotatable bonds is 1. The molecule has 0 aliphatic heterocycles. The minimum Gasteiger partial charge on any atom is -0.319 e. The lowest BCUT2D eigenvalue weighted by Gasteiger charge is -1.98. The van der Waals surface area contributed by atoms with E-state index in [0.717, 1.165) is 16.6 Å². The van der Waals surface area contributed by atoms with Gasteiger partial charge in [-0.15, -0.1) is 11.6 Å². The Hall–Kier alpha value is -1.35. The van der Waals surface area contributed by atoms with E-state index in [4.69, 9.17) is 11.6 Å². The van der Waals surface area contributed by atoms with Crippen LogP contribution in [0.5, 0.6) is 0 Å². The number of fused-ring (bicyclic) bond motifs is 1. The Kier molecular flexibility index (Phi) is 2.02. The quantitative estimate of drug-likeness (QED) is 0.702. The van der Waals surface area contributed by atoms with Gasteiger partial charge in [-0.05, 0) is 17.7 Å². The highest BCUT2D eigenvalue weighted by atomic mass is 35.5. The fraction of sp³-hybridized carbons (Fsp3) is 0.111. The number of hydrogen-bond donors (Lipinski definition) is 1. The minimum absolute atomic E-state index is 0.195. The SMILES string of the molecule is O=c1cnc2ccc(CCl)cc2[nH]1. The van der Waals surface area contributed by atoms with E-state index < -0.39 is 0 Å². The zero-order chi connectivity index (χ0) is 9.26. The molecule has 2 rings (SSSR count). The van der Waals surface area contributed by atoms with Crippen molar-refractivity contribution in [2.75, 3.05) is 0 Å². The number of benzene rings is 1. The predicted molar refractivity (Wildman–Crippen MR) is 51.9 cm³/mol. The lowest BCUT2D eigenvalue weighted by atomic mass is 10.2. The van der Waals surface area contributed by atoms with Gasteiger partial charge in [0, 0.05) is 5.88 Å². The largest absolute Gasteiger partial charge is 0.319 e. The summed E-state index contributed by atoms with van der Waals surface area (Å²) in [5.74, 6) is 0.437. The van der Waals surface area contributed by atoms with Crippen LogP contribution in [-0.4, -0.2) is 9.97 Å². The van der Waals surface area contributed by atoms with E-state index in [1.165, 1.54) is 6.20 Å². The Bertz CT molecular complexity index is 492. The van der Waals surface area contributed by atoms with E-state index in [1.54, 1.807) is 0 Å². The second-order valence-electron chi connectivity index (χ2n) is 2.73. The topological polar surface area (TPSA) is 45.8 Å². The first-order chi connectivity index (χ1) is 6.29. The van der Waals surface area contributed by atoms with Gasteiger partial charge >= 0.3 is 0 Å². The van der Waals surface area contributed by atoms with Gasteiger partial charge in [-0.25, -0.2) is 4.98 Å². The Balaban J connectivity index is 2.75. The molecule has 1 N–H and O–H groups in total. The highest BCUT2D eigenvalue weighted by Gasteiger charge is 1.96. The summed E-state index contributed by atoms with van der Waals surface area (Å²) in [6.07, 6.45) is 1.27. The van der Waals surface area contributed by atoms with Gasteiger partial charge in [0.05, 0.1) is 17.2 Å². The maximum atomic E-state index is 10.9. The van der Waals surface area contributed by atoms with Crippen LogP contribution in [-0.2, 0) is 5.88 Å². The van der Waals surface area contributed by atoms with Gasteiger partial charge in [0.2, 0.25) is 0 Å². The summed E-state index contributed by atoms with van der Waals surface area (Å²) < 4.78 is 0. The third-order valence-corrected chi connectivity index (χ3v) is 2.10. The fourth-order valence-electron chi connectivity index (χ4n) is 1.17. The van der Waals surface area contributed by atoms with Crippen LogP contribution in [0.2, 0.25) is 0 Å². The standard InChI is InChI=1S/C9H7ClN2O/c10-4-6-1-2-7-8(3-6)12-9(13)5-11-7/h1-3,5H,4H2,(H,12,13). The van der Waals surface area contributed by atoms with Crippen LogP contribution in [0.15, 0.2) is 29.2 Å². The van der Waals surface area contributed by atoms with Crippen LogP contribution in [0.3, 0.4) is 0 Å². The van der Waals surface area contributed by atoms with Crippen LogP contribution in [0.25, 0.3) is 11.0 Å². The molecule has 0 fully saturated rings. The molecule has 2 aromatic rings. The molecule has 0 bridgehead atoms. The fourth-order valence-corrected chi connectivity index (χ4v) is 1.34. The molecule has 0 aliphatic rings. The molecule has 0 spiro atoms. The van der Waals surface area contributed by atoms with Gasteiger partial charge in [0.15, 0.2) is 0 Å². The number of aromatic amines is 1. The van der Waals surface area contributed by atoms with Crippen molar-refractivity contribution >= 4 is 22.6 Å². The van der Waals surface area contributed by atoms with Crippen LogP contribution in [0.1, 0.15) is 5.56 Å². The van der Waals surface area contributed by atoms with Gasteiger partial charge in [-0.2, -0.15) is 0 Å². The van der Waals surface area contributed by atoms with Gasteiger partial charge in [0.1, 0.15) is 0 Å². The molecular formula is C9H7ClN2O. The third kappa shape index (κ3) is 1.55. The van der Waals surface area contributed by atoms with Crippen molar-refractivity contribution in [1.82, 2.24) is 9.97 Å². The van der Waals surface area contributed by atoms with Crippen molar-refractivity contribution in [3.05, 3.63) is 40.3 Å². The Morgan fingerprint density at radius 1 is 1.46 bits per heavy atom. The second-order valence-corrected chi connectivity index (χ2v) is 3.00. The van der Waals surface area contributed by atoms with Gasteiger partial charge in [0.25, 0.3) is 5.56 Å². The Labute approximate surface area is 79.4 Å². The molecule has 1 aromatic carbocycles. The van der Waals surface area contributed by atoms with E-state index in [-0.39, 0.29) is 5.56 Å². The molecule has 13 heavy (non-hydrogen) atoms. The first kappa shape index (κ1) is 8.26. The molecule has 1 aromatic heterocycles. The number of hydrogen-bond acceptors (Lipinski definition) is 2. The highest BCUT2D eigenvalue weighted by Crippen LogP contribution is 2.11. The molecule has 0 amide bonds. The van der Waals surface area contributed by atoms with Crippen molar-refractivity contribution in [3.63, 3.8) is 0 Å². The van der Waals surface area contributed by atoms with Crippen LogP contribution in [0.4, 0.5) is 0 Å². The van der Waals surface area contributed by atoms with Crippen molar-refractivity contribution in [2.45, 2.75) is 5.88 Å². The average molecular weight is 195 g/mol. The molecule has 0 saturated carbocycles. The van der Waals surface area contributed by atoms with E-state index in [0.29, 0.717) is 5.88 Å². The Morgan fingerprint density at radius 2 is 2.31 bits per heavy atom. The van der Waals surface area contributed by atoms with Crippen molar-refractivity contribution in [3.8, 4) is 0 Å². The third-order valence-electron chi connectivity index (χ3n) is 1.79. The summed E-state index contributed by atoms with van der Waals surface area (Å²) in [5, 5.41) is 0. The molecule has 66 valence electrons. The monoisotopic (exact) mass is 194 g/mol.